The lowest BCUT2D eigenvalue weighted by Gasteiger charge is -2.08. The van der Waals surface area contributed by atoms with Crippen molar-refractivity contribution in [3.63, 3.8) is 0 Å². The summed E-state index contributed by atoms with van der Waals surface area (Å²) in [4.78, 5) is 11.6. The fraction of sp³-hybridized carbons (Fsp3) is 0.312. The molecule has 0 unspecified atom stereocenters. The van der Waals surface area contributed by atoms with Crippen molar-refractivity contribution in [3.8, 4) is 5.75 Å². The van der Waals surface area contributed by atoms with Crippen LogP contribution in [0.5, 0.6) is 5.75 Å². The van der Waals surface area contributed by atoms with Gasteiger partial charge in [0, 0.05) is 12.1 Å². The summed E-state index contributed by atoms with van der Waals surface area (Å²) in [7, 11) is 1.56. The summed E-state index contributed by atoms with van der Waals surface area (Å²) >= 11 is 6.07. The molecule has 1 aromatic heterocycles. The van der Waals surface area contributed by atoms with Gasteiger partial charge >= 0.3 is 0 Å². The van der Waals surface area contributed by atoms with E-state index in [0.29, 0.717) is 28.8 Å². The first-order valence-electron chi connectivity index (χ1n) is 7.36. The van der Waals surface area contributed by atoms with Gasteiger partial charge in [0.15, 0.2) is 11.6 Å². The summed E-state index contributed by atoms with van der Waals surface area (Å²) in [6.45, 7) is 2.04. The molecule has 0 spiro atoms. The zero-order valence-corrected chi connectivity index (χ0v) is 13.9. The molecule has 1 aromatic carbocycles. The van der Waals surface area contributed by atoms with Crippen molar-refractivity contribution < 1.29 is 9.53 Å². The molecular weight excluding hydrogens is 316 g/mol. The van der Waals surface area contributed by atoms with Gasteiger partial charge in [-0.25, -0.2) is 0 Å². The van der Waals surface area contributed by atoms with E-state index in [1.807, 2.05) is 13.0 Å². The van der Waals surface area contributed by atoms with Crippen molar-refractivity contribution in [1.82, 2.24) is 10.2 Å². The van der Waals surface area contributed by atoms with Crippen LogP contribution in [0.4, 0.5) is 17.3 Å². The molecule has 0 aliphatic heterocycles. The van der Waals surface area contributed by atoms with E-state index in [4.69, 9.17) is 16.3 Å². The number of aromatic nitrogens is 2. The fourth-order valence-corrected chi connectivity index (χ4v) is 2.16. The van der Waals surface area contributed by atoms with Crippen LogP contribution in [0.25, 0.3) is 0 Å². The highest BCUT2D eigenvalue weighted by Crippen LogP contribution is 2.28. The van der Waals surface area contributed by atoms with Gasteiger partial charge in [-0.2, -0.15) is 0 Å². The van der Waals surface area contributed by atoms with Crippen LogP contribution in [0.3, 0.4) is 0 Å². The van der Waals surface area contributed by atoms with E-state index in [1.165, 1.54) is 0 Å². The van der Waals surface area contributed by atoms with E-state index in [0.717, 1.165) is 18.5 Å². The monoisotopic (exact) mass is 334 g/mol. The van der Waals surface area contributed by atoms with E-state index < -0.39 is 0 Å². The molecule has 23 heavy (non-hydrogen) atoms. The molecular formula is C16H19ClN4O2. The van der Waals surface area contributed by atoms with Crippen molar-refractivity contribution in [1.29, 1.82) is 0 Å². The average molecular weight is 335 g/mol. The second-order valence-electron chi connectivity index (χ2n) is 4.93. The molecule has 0 fully saturated rings. The highest BCUT2D eigenvalue weighted by molar-refractivity contribution is 6.32. The van der Waals surface area contributed by atoms with Gasteiger partial charge in [0.05, 0.1) is 12.1 Å². The number of hydrogen-bond donors (Lipinski definition) is 2. The molecule has 6 nitrogen and oxygen atoms in total. The third-order valence-corrected chi connectivity index (χ3v) is 3.41. The Hall–Kier alpha value is -2.34. The number of amides is 1. The van der Waals surface area contributed by atoms with Crippen LogP contribution < -0.4 is 15.4 Å². The van der Waals surface area contributed by atoms with Gasteiger partial charge in [-0.1, -0.05) is 24.9 Å². The second-order valence-corrected chi connectivity index (χ2v) is 5.34. The van der Waals surface area contributed by atoms with E-state index >= 15 is 0 Å². The smallest absolute Gasteiger partial charge is 0.225 e. The quantitative estimate of drug-likeness (QED) is 0.800. The Kier molecular flexibility index (Phi) is 6.17. The number of halogens is 1. The maximum Gasteiger partial charge on any atom is 0.225 e. The number of anilines is 3. The number of carbonyl (C=O) groups excluding carboxylic acids is 1. The zero-order chi connectivity index (χ0) is 16.7. The molecule has 0 bridgehead atoms. The summed E-state index contributed by atoms with van der Waals surface area (Å²) < 4.78 is 5.10. The third-order valence-electron chi connectivity index (χ3n) is 3.11. The molecule has 2 aromatic rings. The molecule has 7 heteroatoms. The molecule has 1 amide bonds. The highest BCUT2D eigenvalue weighted by Gasteiger charge is 2.05. The minimum absolute atomic E-state index is 0.0520. The number of nitrogens with zero attached hydrogens (tertiary/aromatic N) is 2. The van der Waals surface area contributed by atoms with E-state index in [2.05, 4.69) is 20.8 Å². The predicted molar refractivity (Wildman–Crippen MR) is 91.5 cm³/mol. The minimum atomic E-state index is -0.0520. The number of methoxy groups -OCH3 is 1. The maximum atomic E-state index is 11.6. The summed E-state index contributed by atoms with van der Waals surface area (Å²) in [5.74, 6) is 1.54. The number of unbranched alkanes of at least 4 members (excludes halogenated alkanes) is 1. The zero-order valence-electron chi connectivity index (χ0n) is 13.1. The van der Waals surface area contributed by atoms with Crippen molar-refractivity contribution in [3.05, 3.63) is 35.4 Å². The Labute approximate surface area is 140 Å². The number of carbonyl (C=O) groups is 1. The molecule has 0 radical (unpaired) electrons. The Balaban J connectivity index is 1.97. The standard InChI is InChI=1S/C16H19ClN4O2/c1-3-4-5-16(22)19-15-9-8-14(20-21-15)18-11-6-7-13(23-2)12(17)10-11/h6-10H,3-5H2,1-2H3,(H,18,20)(H,19,21,22). The van der Waals surface area contributed by atoms with Crippen LogP contribution in [0, 0.1) is 0 Å². The SMILES string of the molecule is CCCCC(=O)Nc1ccc(Nc2ccc(OC)c(Cl)c2)nn1. The molecule has 0 atom stereocenters. The molecule has 0 aliphatic carbocycles. The first-order valence-corrected chi connectivity index (χ1v) is 7.74. The van der Waals surface area contributed by atoms with Gasteiger partial charge in [-0.05, 0) is 36.8 Å². The number of hydrogen-bond acceptors (Lipinski definition) is 5. The lowest BCUT2D eigenvalue weighted by atomic mass is 10.2. The fourth-order valence-electron chi connectivity index (χ4n) is 1.90. The summed E-state index contributed by atoms with van der Waals surface area (Å²) in [5.41, 5.74) is 0.768. The number of ether oxygens (including phenoxy) is 1. The van der Waals surface area contributed by atoms with Crippen molar-refractivity contribution in [2.75, 3.05) is 17.7 Å². The largest absolute Gasteiger partial charge is 0.495 e. The molecule has 2 N–H and O–H groups in total. The summed E-state index contributed by atoms with van der Waals surface area (Å²) in [5, 5.41) is 14.3. The first-order chi connectivity index (χ1) is 11.1. The Morgan fingerprint density at radius 2 is 1.96 bits per heavy atom. The summed E-state index contributed by atoms with van der Waals surface area (Å²) in [6.07, 6.45) is 2.33. The third kappa shape index (κ3) is 5.10. The Morgan fingerprint density at radius 1 is 1.22 bits per heavy atom. The van der Waals surface area contributed by atoms with Crippen LogP contribution in [0.15, 0.2) is 30.3 Å². The minimum Gasteiger partial charge on any atom is -0.495 e. The van der Waals surface area contributed by atoms with E-state index in [9.17, 15) is 4.79 Å². The van der Waals surface area contributed by atoms with Crippen molar-refractivity contribution in [2.45, 2.75) is 26.2 Å². The van der Waals surface area contributed by atoms with Crippen LogP contribution in [0.1, 0.15) is 26.2 Å². The van der Waals surface area contributed by atoms with E-state index in [1.54, 1.807) is 31.4 Å². The predicted octanol–water partition coefficient (Wildman–Crippen LogP) is 4.01. The molecule has 0 aliphatic rings. The lowest BCUT2D eigenvalue weighted by Crippen LogP contribution is -2.12. The molecule has 0 saturated carbocycles. The molecule has 2 rings (SSSR count). The molecule has 0 saturated heterocycles. The van der Waals surface area contributed by atoms with Crippen LogP contribution in [-0.2, 0) is 4.79 Å². The lowest BCUT2D eigenvalue weighted by molar-refractivity contribution is -0.116. The van der Waals surface area contributed by atoms with Crippen LogP contribution in [0.2, 0.25) is 5.02 Å². The molecule has 1 heterocycles. The number of benzene rings is 1. The van der Waals surface area contributed by atoms with Gasteiger partial charge in [0.1, 0.15) is 5.75 Å². The van der Waals surface area contributed by atoms with Crippen LogP contribution >= 0.6 is 11.6 Å². The van der Waals surface area contributed by atoms with E-state index in [-0.39, 0.29) is 5.91 Å². The van der Waals surface area contributed by atoms with Crippen molar-refractivity contribution in [2.24, 2.45) is 0 Å². The Bertz CT molecular complexity index is 662. The number of rotatable bonds is 7. The Morgan fingerprint density at radius 3 is 2.57 bits per heavy atom. The van der Waals surface area contributed by atoms with Gasteiger partial charge < -0.3 is 15.4 Å². The van der Waals surface area contributed by atoms with Crippen LogP contribution in [-0.4, -0.2) is 23.2 Å². The maximum absolute atomic E-state index is 11.6. The summed E-state index contributed by atoms with van der Waals surface area (Å²) in [6, 6.07) is 8.76. The second kappa shape index (κ2) is 8.33. The van der Waals surface area contributed by atoms with Gasteiger partial charge in [-0.15, -0.1) is 10.2 Å². The highest BCUT2D eigenvalue weighted by atomic mass is 35.5. The molecule has 122 valence electrons. The van der Waals surface area contributed by atoms with Gasteiger partial charge in [-0.3, -0.25) is 4.79 Å². The first kappa shape index (κ1) is 17.0. The van der Waals surface area contributed by atoms with Gasteiger partial charge in [0.25, 0.3) is 0 Å². The normalized spacial score (nSPS) is 10.2. The number of nitrogens with one attached hydrogen (secondary N) is 2. The average Bonchev–Trinajstić information content (AvgIpc) is 2.55. The van der Waals surface area contributed by atoms with Gasteiger partial charge in [0.2, 0.25) is 5.91 Å². The van der Waals surface area contributed by atoms with Crippen molar-refractivity contribution >= 4 is 34.8 Å². The topological polar surface area (TPSA) is 76.1 Å².